The summed E-state index contributed by atoms with van der Waals surface area (Å²) < 4.78 is 31.4. The van der Waals surface area contributed by atoms with Crippen LogP contribution in [-0.2, 0) is 10.0 Å². The zero-order valence-corrected chi connectivity index (χ0v) is 10.5. The van der Waals surface area contributed by atoms with Crippen LogP contribution in [0.4, 0.5) is 5.69 Å². The SMILES string of the molecule is N=C(N)COc1ccccc1NS(=O)(=O)C1CC1. The molecule has 7 heteroatoms. The molecule has 1 fully saturated rings. The van der Waals surface area contributed by atoms with Crippen molar-refractivity contribution < 1.29 is 13.2 Å². The minimum absolute atomic E-state index is 0.0673. The molecule has 0 spiro atoms. The van der Waals surface area contributed by atoms with Gasteiger partial charge in [0.25, 0.3) is 0 Å². The molecule has 6 nitrogen and oxygen atoms in total. The Morgan fingerprint density at radius 2 is 2.11 bits per heavy atom. The fourth-order valence-electron chi connectivity index (χ4n) is 1.45. The van der Waals surface area contributed by atoms with Crippen LogP contribution in [0.25, 0.3) is 0 Å². The van der Waals surface area contributed by atoms with E-state index in [4.69, 9.17) is 15.9 Å². The lowest BCUT2D eigenvalue weighted by Gasteiger charge is -2.12. The summed E-state index contributed by atoms with van der Waals surface area (Å²) in [6, 6.07) is 6.69. The van der Waals surface area contributed by atoms with Crippen LogP contribution in [-0.4, -0.2) is 26.1 Å². The van der Waals surface area contributed by atoms with Crippen LogP contribution in [0.2, 0.25) is 0 Å². The Bertz CT molecular complexity index is 552. The summed E-state index contributed by atoms with van der Waals surface area (Å²) in [6.07, 6.45) is 1.40. The van der Waals surface area contributed by atoms with Crippen molar-refractivity contribution in [2.75, 3.05) is 11.3 Å². The Hall–Kier alpha value is -1.76. The number of para-hydroxylation sites is 2. The monoisotopic (exact) mass is 269 g/mol. The van der Waals surface area contributed by atoms with E-state index in [0.717, 1.165) is 0 Å². The topological polar surface area (TPSA) is 105 Å². The van der Waals surface area contributed by atoms with Crippen LogP contribution in [0.15, 0.2) is 24.3 Å². The summed E-state index contributed by atoms with van der Waals surface area (Å²) in [5.41, 5.74) is 5.58. The first-order chi connectivity index (χ1) is 8.49. The molecule has 0 unspecified atom stereocenters. The maximum atomic E-state index is 11.8. The minimum atomic E-state index is -3.32. The molecule has 0 atom stereocenters. The van der Waals surface area contributed by atoms with Crippen LogP contribution >= 0.6 is 0 Å². The number of benzene rings is 1. The zero-order valence-electron chi connectivity index (χ0n) is 9.72. The minimum Gasteiger partial charge on any atom is -0.484 e. The summed E-state index contributed by atoms with van der Waals surface area (Å²) in [7, 11) is -3.32. The molecule has 0 saturated heterocycles. The molecule has 1 aliphatic carbocycles. The molecule has 1 aromatic carbocycles. The van der Waals surface area contributed by atoms with E-state index in [9.17, 15) is 8.42 Å². The van der Waals surface area contributed by atoms with E-state index in [1.807, 2.05) is 0 Å². The van der Waals surface area contributed by atoms with Gasteiger partial charge in [-0.2, -0.15) is 0 Å². The normalized spacial score (nSPS) is 15.1. The largest absolute Gasteiger partial charge is 0.484 e. The number of hydrogen-bond donors (Lipinski definition) is 3. The van der Waals surface area contributed by atoms with Crippen LogP contribution < -0.4 is 15.2 Å². The number of anilines is 1. The molecule has 2 rings (SSSR count). The Kier molecular flexibility index (Phi) is 3.42. The first-order valence-corrected chi connectivity index (χ1v) is 7.10. The Morgan fingerprint density at radius 3 is 2.72 bits per heavy atom. The zero-order chi connectivity index (χ0) is 13.2. The van der Waals surface area contributed by atoms with Crippen molar-refractivity contribution in [2.45, 2.75) is 18.1 Å². The number of nitrogens with one attached hydrogen (secondary N) is 2. The third kappa shape index (κ3) is 3.13. The van der Waals surface area contributed by atoms with Gasteiger partial charge in [0.1, 0.15) is 18.2 Å². The standard InChI is InChI=1S/C11H15N3O3S/c12-11(13)7-17-10-4-2-1-3-9(10)14-18(15,16)8-5-6-8/h1-4,8,14H,5-7H2,(H3,12,13). The lowest BCUT2D eigenvalue weighted by molar-refractivity contribution is 0.376. The summed E-state index contributed by atoms with van der Waals surface area (Å²) in [5.74, 6) is 0.256. The van der Waals surface area contributed by atoms with Gasteiger partial charge in [0.15, 0.2) is 0 Å². The van der Waals surface area contributed by atoms with E-state index in [0.29, 0.717) is 24.3 Å². The van der Waals surface area contributed by atoms with Crippen molar-refractivity contribution in [1.29, 1.82) is 5.41 Å². The van der Waals surface area contributed by atoms with Gasteiger partial charge in [-0.25, -0.2) is 8.42 Å². The highest BCUT2D eigenvalue weighted by Crippen LogP contribution is 2.32. The highest BCUT2D eigenvalue weighted by Gasteiger charge is 2.36. The van der Waals surface area contributed by atoms with Gasteiger partial charge in [0.05, 0.1) is 10.9 Å². The summed E-state index contributed by atoms with van der Waals surface area (Å²) in [4.78, 5) is 0. The van der Waals surface area contributed by atoms with Crippen LogP contribution in [0.3, 0.4) is 0 Å². The highest BCUT2D eigenvalue weighted by atomic mass is 32.2. The molecule has 4 N–H and O–H groups in total. The molecule has 0 bridgehead atoms. The van der Waals surface area contributed by atoms with E-state index in [-0.39, 0.29) is 17.7 Å². The molecular formula is C11H15N3O3S. The number of rotatable bonds is 6. The number of hydrogen-bond acceptors (Lipinski definition) is 4. The second-order valence-electron chi connectivity index (χ2n) is 4.16. The van der Waals surface area contributed by atoms with E-state index in [1.54, 1.807) is 24.3 Å². The van der Waals surface area contributed by atoms with Gasteiger partial charge in [-0.15, -0.1) is 0 Å². The Morgan fingerprint density at radius 1 is 1.44 bits per heavy atom. The predicted octanol–water partition coefficient (Wildman–Crippen LogP) is 0.905. The molecule has 0 aromatic heterocycles. The van der Waals surface area contributed by atoms with Crippen molar-refractivity contribution in [1.82, 2.24) is 0 Å². The summed E-state index contributed by atoms with van der Waals surface area (Å²) in [5, 5.41) is 6.79. The average molecular weight is 269 g/mol. The molecule has 1 aliphatic rings. The quantitative estimate of drug-likeness (QED) is 0.527. The third-order valence-electron chi connectivity index (χ3n) is 2.49. The second-order valence-corrected chi connectivity index (χ2v) is 6.12. The van der Waals surface area contributed by atoms with Gasteiger partial charge in [-0.3, -0.25) is 10.1 Å². The predicted molar refractivity (Wildman–Crippen MR) is 69.4 cm³/mol. The van der Waals surface area contributed by atoms with Crippen molar-refractivity contribution >= 4 is 21.5 Å². The molecular weight excluding hydrogens is 254 g/mol. The maximum absolute atomic E-state index is 11.8. The molecule has 0 heterocycles. The molecule has 1 saturated carbocycles. The van der Waals surface area contributed by atoms with Crippen molar-refractivity contribution in [3.05, 3.63) is 24.3 Å². The van der Waals surface area contributed by atoms with Crippen LogP contribution in [0.1, 0.15) is 12.8 Å². The van der Waals surface area contributed by atoms with E-state index in [2.05, 4.69) is 4.72 Å². The maximum Gasteiger partial charge on any atom is 0.235 e. The van der Waals surface area contributed by atoms with E-state index in [1.165, 1.54) is 0 Å². The summed E-state index contributed by atoms with van der Waals surface area (Å²) in [6.45, 7) is -0.0673. The Labute approximate surface area is 106 Å². The first kappa shape index (κ1) is 12.7. The van der Waals surface area contributed by atoms with Gasteiger partial charge in [0, 0.05) is 0 Å². The van der Waals surface area contributed by atoms with E-state index >= 15 is 0 Å². The summed E-state index contributed by atoms with van der Waals surface area (Å²) >= 11 is 0. The van der Waals surface area contributed by atoms with Gasteiger partial charge in [0.2, 0.25) is 10.0 Å². The van der Waals surface area contributed by atoms with Gasteiger partial charge in [-0.1, -0.05) is 12.1 Å². The number of sulfonamides is 1. The molecule has 98 valence electrons. The highest BCUT2D eigenvalue weighted by molar-refractivity contribution is 7.93. The van der Waals surface area contributed by atoms with Gasteiger partial charge >= 0.3 is 0 Å². The lowest BCUT2D eigenvalue weighted by atomic mass is 10.3. The second kappa shape index (κ2) is 4.85. The number of nitrogens with two attached hydrogens (primary N) is 1. The van der Waals surface area contributed by atoms with Crippen LogP contribution in [0, 0.1) is 5.41 Å². The molecule has 18 heavy (non-hydrogen) atoms. The van der Waals surface area contributed by atoms with Gasteiger partial charge in [-0.05, 0) is 25.0 Å². The Balaban J connectivity index is 2.14. The molecule has 0 amide bonds. The average Bonchev–Trinajstić information content (AvgIpc) is 3.11. The molecule has 0 radical (unpaired) electrons. The smallest absolute Gasteiger partial charge is 0.235 e. The molecule has 0 aliphatic heterocycles. The number of amidine groups is 1. The van der Waals surface area contributed by atoms with E-state index < -0.39 is 10.0 Å². The van der Waals surface area contributed by atoms with Crippen molar-refractivity contribution in [2.24, 2.45) is 5.73 Å². The lowest BCUT2D eigenvalue weighted by Crippen LogP contribution is -2.21. The number of ether oxygens (including phenoxy) is 1. The van der Waals surface area contributed by atoms with Crippen LogP contribution in [0.5, 0.6) is 5.75 Å². The van der Waals surface area contributed by atoms with Crippen molar-refractivity contribution in [3.63, 3.8) is 0 Å². The van der Waals surface area contributed by atoms with Gasteiger partial charge < -0.3 is 10.5 Å². The fraction of sp³-hybridized carbons (Fsp3) is 0.364. The van der Waals surface area contributed by atoms with Crippen molar-refractivity contribution in [3.8, 4) is 5.75 Å². The fourth-order valence-corrected chi connectivity index (χ4v) is 2.85. The molecule has 1 aromatic rings. The first-order valence-electron chi connectivity index (χ1n) is 5.55. The third-order valence-corrected chi connectivity index (χ3v) is 4.34.